The molecule has 0 bridgehead atoms. The largest absolute Gasteiger partial charge is 0.467 e. The van der Waals surface area contributed by atoms with Crippen LogP contribution in [-0.2, 0) is 0 Å². The standard InChI is InChI=1S/C13H9ClN2O3/c14-11(10-2-1-5-19-10)7-3-4-8-9(6-7)16-13(18)12(17)15-8/h1-6,11H,(H,15,17)(H,16,18). The van der Waals surface area contributed by atoms with Crippen molar-refractivity contribution in [3.8, 4) is 0 Å². The lowest BCUT2D eigenvalue weighted by Crippen LogP contribution is -2.28. The van der Waals surface area contributed by atoms with Gasteiger partial charge in [-0.05, 0) is 29.8 Å². The Morgan fingerprint density at radius 2 is 1.79 bits per heavy atom. The molecule has 0 aliphatic rings. The first-order valence-electron chi connectivity index (χ1n) is 5.59. The predicted molar refractivity (Wildman–Crippen MR) is 71.6 cm³/mol. The molecule has 1 aromatic carbocycles. The van der Waals surface area contributed by atoms with Crippen molar-refractivity contribution in [2.24, 2.45) is 0 Å². The number of rotatable bonds is 2. The van der Waals surface area contributed by atoms with Gasteiger partial charge in [0.15, 0.2) is 0 Å². The molecule has 19 heavy (non-hydrogen) atoms. The molecule has 1 unspecified atom stereocenters. The molecule has 6 heteroatoms. The summed E-state index contributed by atoms with van der Waals surface area (Å²) in [6.45, 7) is 0. The molecule has 2 heterocycles. The van der Waals surface area contributed by atoms with Crippen LogP contribution in [0.4, 0.5) is 0 Å². The molecule has 0 aliphatic carbocycles. The van der Waals surface area contributed by atoms with Crippen molar-refractivity contribution in [1.29, 1.82) is 0 Å². The van der Waals surface area contributed by atoms with Crippen LogP contribution in [-0.4, -0.2) is 9.97 Å². The van der Waals surface area contributed by atoms with E-state index >= 15 is 0 Å². The second kappa shape index (κ2) is 4.44. The van der Waals surface area contributed by atoms with Crippen molar-refractivity contribution in [3.05, 3.63) is 68.6 Å². The molecule has 0 fully saturated rings. The summed E-state index contributed by atoms with van der Waals surface area (Å²) in [4.78, 5) is 27.5. The molecule has 0 saturated heterocycles. The number of H-pyrrole nitrogens is 2. The Kier molecular flexibility index (Phi) is 2.76. The average Bonchev–Trinajstić information content (AvgIpc) is 2.93. The Hall–Kier alpha value is -2.27. The zero-order valence-corrected chi connectivity index (χ0v) is 10.4. The molecule has 0 saturated carbocycles. The average molecular weight is 277 g/mol. The maximum atomic E-state index is 11.3. The van der Waals surface area contributed by atoms with Crippen LogP contribution >= 0.6 is 11.6 Å². The van der Waals surface area contributed by atoms with Crippen molar-refractivity contribution in [2.45, 2.75) is 5.38 Å². The number of hydrogen-bond acceptors (Lipinski definition) is 3. The topological polar surface area (TPSA) is 78.9 Å². The maximum absolute atomic E-state index is 11.3. The third kappa shape index (κ3) is 2.08. The molecule has 3 rings (SSSR count). The van der Waals surface area contributed by atoms with E-state index in [0.717, 1.165) is 5.56 Å². The van der Waals surface area contributed by atoms with Gasteiger partial charge in [0.05, 0.1) is 17.3 Å². The molecule has 2 aromatic heterocycles. The normalized spacial score (nSPS) is 12.7. The van der Waals surface area contributed by atoms with Crippen molar-refractivity contribution >= 4 is 22.6 Å². The van der Waals surface area contributed by atoms with E-state index in [4.69, 9.17) is 16.0 Å². The number of hydrogen-bond donors (Lipinski definition) is 2. The highest BCUT2D eigenvalue weighted by Crippen LogP contribution is 2.29. The summed E-state index contributed by atoms with van der Waals surface area (Å²) in [5, 5.41) is -0.449. The number of aromatic amines is 2. The quantitative estimate of drug-likeness (QED) is 0.556. The van der Waals surface area contributed by atoms with Gasteiger partial charge in [-0.1, -0.05) is 6.07 Å². The molecule has 1 atom stereocenters. The Labute approximate surface area is 111 Å². The zero-order chi connectivity index (χ0) is 13.4. The SMILES string of the molecule is O=c1[nH]c2ccc(C(Cl)c3ccco3)cc2[nH]c1=O. The molecule has 0 amide bonds. The van der Waals surface area contributed by atoms with Crippen LogP contribution < -0.4 is 11.1 Å². The fourth-order valence-electron chi connectivity index (χ4n) is 1.89. The van der Waals surface area contributed by atoms with Crippen molar-refractivity contribution in [1.82, 2.24) is 9.97 Å². The van der Waals surface area contributed by atoms with Gasteiger partial charge >= 0.3 is 11.1 Å². The highest BCUT2D eigenvalue weighted by atomic mass is 35.5. The van der Waals surface area contributed by atoms with Crippen LogP contribution in [0.3, 0.4) is 0 Å². The Morgan fingerprint density at radius 3 is 2.47 bits per heavy atom. The number of alkyl halides is 1. The molecule has 96 valence electrons. The minimum atomic E-state index is -0.686. The predicted octanol–water partition coefficient (Wildman–Crippen LogP) is 2.14. The molecule has 0 spiro atoms. The lowest BCUT2D eigenvalue weighted by Gasteiger charge is -2.07. The van der Waals surface area contributed by atoms with Gasteiger partial charge in [-0.2, -0.15) is 0 Å². The van der Waals surface area contributed by atoms with Crippen LogP contribution in [0.1, 0.15) is 16.7 Å². The van der Waals surface area contributed by atoms with Crippen molar-refractivity contribution < 1.29 is 4.42 Å². The number of furan rings is 1. The summed E-state index contributed by atoms with van der Waals surface area (Å²) in [6, 6.07) is 8.71. The summed E-state index contributed by atoms with van der Waals surface area (Å²) in [6.07, 6.45) is 1.55. The fourth-order valence-corrected chi connectivity index (χ4v) is 2.15. The molecule has 0 radical (unpaired) electrons. The maximum Gasteiger partial charge on any atom is 0.314 e. The molecule has 3 aromatic rings. The Morgan fingerprint density at radius 1 is 1.05 bits per heavy atom. The van der Waals surface area contributed by atoms with Crippen LogP contribution in [0.5, 0.6) is 0 Å². The molecule has 5 nitrogen and oxygen atoms in total. The van der Waals surface area contributed by atoms with Crippen LogP contribution in [0.2, 0.25) is 0 Å². The lowest BCUT2D eigenvalue weighted by atomic mass is 10.1. The molecule has 0 aliphatic heterocycles. The second-order valence-electron chi connectivity index (χ2n) is 4.09. The van der Waals surface area contributed by atoms with Crippen molar-refractivity contribution in [3.63, 3.8) is 0 Å². The molecule has 2 N–H and O–H groups in total. The van der Waals surface area contributed by atoms with E-state index in [1.54, 1.807) is 36.6 Å². The fraction of sp³-hybridized carbons (Fsp3) is 0.0769. The highest BCUT2D eigenvalue weighted by molar-refractivity contribution is 6.22. The minimum Gasteiger partial charge on any atom is -0.467 e. The van der Waals surface area contributed by atoms with E-state index in [1.165, 1.54) is 0 Å². The second-order valence-corrected chi connectivity index (χ2v) is 4.53. The summed E-state index contributed by atoms with van der Waals surface area (Å²) in [7, 11) is 0. The van der Waals surface area contributed by atoms with E-state index in [1.807, 2.05) is 0 Å². The minimum absolute atomic E-state index is 0.449. The summed E-state index contributed by atoms with van der Waals surface area (Å²) < 4.78 is 5.24. The van der Waals surface area contributed by atoms with Crippen LogP contribution in [0.25, 0.3) is 11.0 Å². The molecular weight excluding hydrogens is 268 g/mol. The van der Waals surface area contributed by atoms with Gasteiger partial charge in [0.2, 0.25) is 0 Å². The van der Waals surface area contributed by atoms with Crippen LogP contribution in [0.15, 0.2) is 50.6 Å². The van der Waals surface area contributed by atoms with E-state index in [-0.39, 0.29) is 0 Å². The number of nitrogens with one attached hydrogen (secondary N) is 2. The van der Waals surface area contributed by atoms with E-state index in [2.05, 4.69) is 9.97 Å². The van der Waals surface area contributed by atoms with Gasteiger partial charge in [0, 0.05) is 0 Å². The summed E-state index contributed by atoms with van der Waals surface area (Å²) >= 11 is 6.29. The van der Waals surface area contributed by atoms with Gasteiger partial charge in [-0.15, -0.1) is 11.6 Å². The van der Waals surface area contributed by atoms with Gasteiger partial charge in [0.1, 0.15) is 11.1 Å². The van der Waals surface area contributed by atoms with Crippen LogP contribution in [0, 0.1) is 0 Å². The van der Waals surface area contributed by atoms with Gasteiger partial charge in [0.25, 0.3) is 0 Å². The third-order valence-electron chi connectivity index (χ3n) is 2.83. The lowest BCUT2D eigenvalue weighted by molar-refractivity contribution is 0.516. The number of aromatic nitrogens is 2. The zero-order valence-electron chi connectivity index (χ0n) is 9.64. The molecular formula is C13H9ClN2O3. The van der Waals surface area contributed by atoms with Gasteiger partial charge in [-0.25, -0.2) is 0 Å². The number of halogens is 1. The van der Waals surface area contributed by atoms with E-state index in [9.17, 15) is 9.59 Å². The number of benzene rings is 1. The Balaban J connectivity index is 2.14. The van der Waals surface area contributed by atoms with Crippen molar-refractivity contribution in [2.75, 3.05) is 0 Å². The summed E-state index contributed by atoms with van der Waals surface area (Å²) in [5.41, 5.74) is 0.491. The first-order valence-corrected chi connectivity index (χ1v) is 6.02. The number of fused-ring (bicyclic) bond motifs is 1. The smallest absolute Gasteiger partial charge is 0.314 e. The Bertz CT molecular complexity index is 833. The van der Waals surface area contributed by atoms with Gasteiger partial charge in [-0.3, -0.25) is 9.59 Å². The first-order chi connectivity index (χ1) is 9.15. The monoisotopic (exact) mass is 276 g/mol. The first kappa shape index (κ1) is 11.8. The third-order valence-corrected chi connectivity index (χ3v) is 3.30. The highest BCUT2D eigenvalue weighted by Gasteiger charge is 2.14. The summed E-state index contributed by atoms with van der Waals surface area (Å²) in [5.74, 6) is 0.618. The van der Waals surface area contributed by atoms with E-state index in [0.29, 0.717) is 16.8 Å². The van der Waals surface area contributed by atoms with E-state index < -0.39 is 16.5 Å². The van der Waals surface area contributed by atoms with Gasteiger partial charge < -0.3 is 14.4 Å².